The van der Waals surface area contributed by atoms with Gasteiger partial charge in [-0.05, 0) is 26.2 Å². The van der Waals surface area contributed by atoms with E-state index in [0.29, 0.717) is 0 Å². The van der Waals surface area contributed by atoms with Gasteiger partial charge in [0.2, 0.25) is 5.91 Å². The van der Waals surface area contributed by atoms with Crippen molar-refractivity contribution in [3.8, 4) is 0 Å². The summed E-state index contributed by atoms with van der Waals surface area (Å²) < 4.78 is 0.856. The molecule has 0 saturated heterocycles. The Morgan fingerprint density at radius 2 is 1.36 bits per heavy atom. The third kappa shape index (κ3) is 12.8. The average molecular weight is 463 g/mol. The molecular formula is C29H56N3O+. The quantitative estimate of drug-likeness (QED) is 0.0990. The molecule has 0 aromatic heterocycles. The molecule has 192 valence electrons. The van der Waals surface area contributed by atoms with Crippen LogP contribution in [-0.2, 0) is 4.79 Å². The summed E-state index contributed by atoms with van der Waals surface area (Å²) in [6.45, 7) is 12.7. The van der Waals surface area contributed by atoms with E-state index in [4.69, 9.17) is 4.99 Å². The van der Waals surface area contributed by atoms with E-state index < -0.39 is 0 Å². The third-order valence-corrected chi connectivity index (χ3v) is 7.58. The number of nitrogens with one attached hydrogen (secondary N) is 1. The molecule has 4 nitrogen and oxygen atoms in total. The van der Waals surface area contributed by atoms with Crippen LogP contribution in [0.1, 0.15) is 136 Å². The Kier molecular flexibility index (Phi) is 17.4. The van der Waals surface area contributed by atoms with Gasteiger partial charge in [-0.3, -0.25) is 9.28 Å². The van der Waals surface area contributed by atoms with Crippen molar-refractivity contribution < 1.29 is 9.28 Å². The molecule has 0 radical (unpaired) electrons. The van der Waals surface area contributed by atoms with Crippen LogP contribution in [0.25, 0.3) is 0 Å². The molecule has 1 aliphatic heterocycles. The fourth-order valence-electron chi connectivity index (χ4n) is 5.43. The summed E-state index contributed by atoms with van der Waals surface area (Å²) in [6.07, 6.45) is 26.7. The summed E-state index contributed by atoms with van der Waals surface area (Å²) in [4.78, 5) is 16.4. The highest BCUT2D eigenvalue weighted by molar-refractivity contribution is 5.78. The van der Waals surface area contributed by atoms with Crippen molar-refractivity contribution in [2.24, 2.45) is 4.99 Å². The van der Waals surface area contributed by atoms with Crippen LogP contribution < -0.4 is 5.32 Å². The molecular weight excluding hydrogens is 406 g/mol. The van der Waals surface area contributed by atoms with E-state index in [0.717, 1.165) is 30.5 Å². The van der Waals surface area contributed by atoms with Crippen LogP contribution in [-0.4, -0.2) is 42.0 Å². The fraction of sp³-hybridized carbons (Fsp3) is 0.862. The number of amidine groups is 1. The van der Waals surface area contributed by atoms with Gasteiger partial charge in [0.1, 0.15) is 6.54 Å². The zero-order valence-electron chi connectivity index (χ0n) is 22.5. The molecule has 0 saturated carbocycles. The number of carbonyl (C=O) groups is 1. The first-order valence-corrected chi connectivity index (χ1v) is 14.4. The maximum absolute atomic E-state index is 11.5. The van der Waals surface area contributed by atoms with Crippen LogP contribution in [0, 0.1) is 0 Å². The summed E-state index contributed by atoms with van der Waals surface area (Å²) in [5.74, 6) is 1.37. The van der Waals surface area contributed by atoms with Crippen LogP contribution in [0.3, 0.4) is 0 Å². The highest BCUT2D eigenvalue weighted by atomic mass is 16.1. The minimum Gasteiger partial charge on any atom is -0.307 e. The first-order valence-electron chi connectivity index (χ1n) is 14.4. The lowest BCUT2D eigenvalue weighted by Crippen LogP contribution is -2.62. The Hall–Kier alpha value is -1.16. The Bertz CT molecular complexity index is 545. The van der Waals surface area contributed by atoms with Crippen LogP contribution in [0.2, 0.25) is 0 Å². The molecule has 0 spiro atoms. The van der Waals surface area contributed by atoms with Gasteiger partial charge in [0, 0.05) is 20.3 Å². The van der Waals surface area contributed by atoms with Crippen LogP contribution in [0.15, 0.2) is 17.6 Å². The predicted octanol–water partition coefficient (Wildman–Crippen LogP) is 7.93. The van der Waals surface area contributed by atoms with Crippen LogP contribution in [0.5, 0.6) is 0 Å². The second kappa shape index (κ2) is 19.2. The maximum Gasteiger partial charge on any atom is 0.221 e. The van der Waals surface area contributed by atoms with Gasteiger partial charge in [0.15, 0.2) is 12.0 Å². The lowest BCUT2D eigenvalue weighted by molar-refractivity contribution is -0.861. The van der Waals surface area contributed by atoms with Gasteiger partial charge < -0.3 is 5.32 Å². The number of amides is 1. The first kappa shape index (κ1) is 29.9. The normalized spacial score (nSPS) is 18.8. The van der Waals surface area contributed by atoms with E-state index in [-0.39, 0.29) is 12.1 Å². The number of rotatable bonds is 22. The van der Waals surface area contributed by atoms with Gasteiger partial charge in [-0.25, -0.2) is 4.99 Å². The van der Waals surface area contributed by atoms with Gasteiger partial charge in [0.05, 0.1) is 13.1 Å². The highest BCUT2D eigenvalue weighted by Crippen LogP contribution is 2.23. The van der Waals surface area contributed by atoms with Crippen molar-refractivity contribution in [2.75, 3.05) is 19.6 Å². The molecule has 1 N–H and O–H groups in total. The molecule has 4 heteroatoms. The van der Waals surface area contributed by atoms with Gasteiger partial charge >= 0.3 is 0 Å². The van der Waals surface area contributed by atoms with Crippen molar-refractivity contribution >= 4 is 11.7 Å². The molecule has 0 aliphatic carbocycles. The lowest BCUT2D eigenvalue weighted by atomic mass is 10.0. The number of quaternary nitrogens is 1. The minimum atomic E-state index is 0.0604. The Labute approximate surface area is 206 Å². The van der Waals surface area contributed by atoms with Crippen molar-refractivity contribution in [1.82, 2.24) is 5.32 Å². The van der Waals surface area contributed by atoms with Crippen molar-refractivity contribution in [3.05, 3.63) is 12.7 Å². The summed E-state index contributed by atoms with van der Waals surface area (Å²) in [6, 6.07) is 0. The maximum atomic E-state index is 11.5. The minimum absolute atomic E-state index is 0.0604. The Morgan fingerprint density at radius 3 is 1.79 bits per heavy atom. The zero-order valence-corrected chi connectivity index (χ0v) is 22.5. The SMILES string of the molecule is C=CCCCCCCCCCCCCCCCCCCC1=NCC[N+]1(CC)C(C)NC(C)=O. The fourth-order valence-corrected chi connectivity index (χ4v) is 5.43. The van der Waals surface area contributed by atoms with Crippen molar-refractivity contribution in [1.29, 1.82) is 0 Å². The van der Waals surface area contributed by atoms with Gasteiger partial charge in [0.25, 0.3) is 0 Å². The van der Waals surface area contributed by atoms with Gasteiger partial charge in [-0.1, -0.05) is 96.0 Å². The number of allylic oxidation sites excluding steroid dienone is 1. The summed E-state index contributed by atoms with van der Waals surface area (Å²) in [5, 5.41) is 3.12. The molecule has 2 atom stereocenters. The molecule has 1 aliphatic rings. The number of carbonyl (C=O) groups excluding carboxylic acids is 1. The van der Waals surface area contributed by atoms with Crippen LogP contribution >= 0.6 is 0 Å². The van der Waals surface area contributed by atoms with E-state index in [2.05, 4.69) is 25.7 Å². The van der Waals surface area contributed by atoms with Gasteiger partial charge in [-0.2, -0.15) is 0 Å². The van der Waals surface area contributed by atoms with E-state index >= 15 is 0 Å². The van der Waals surface area contributed by atoms with Crippen LogP contribution in [0.4, 0.5) is 0 Å². The highest BCUT2D eigenvalue weighted by Gasteiger charge is 2.41. The van der Waals surface area contributed by atoms with Gasteiger partial charge in [-0.15, -0.1) is 6.58 Å². The van der Waals surface area contributed by atoms with E-state index in [1.54, 1.807) is 6.92 Å². The number of hydrogen-bond acceptors (Lipinski definition) is 2. The number of unbranched alkanes of at least 4 members (excludes halogenated alkanes) is 16. The second-order valence-electron chi connectivity index (χ2n) is 10.2. The average Bonchev–Trinajstić information content (AvgIpc) is 3.22. The Morgan fingerprint density at radius 1 is 0.909 bits per heavy atom. The monoisotopic (exact) mass is 462 g/mol. The largest absolute Gasteiger partial charge is 0.307 e. The number of hydrogen-bond donors (Lipinski definition) is 1. The molecule has 2 unspecified atom stereocenters. The molecule has 0 bridgehead atoms. The van der Waals surface area contributed by atoms with Crippen molar-refractivity contribution in [2.45, 2.75) is 143 Å². The molecule has 1 amide bonds. The standard InChI is InChI=1S/C29H55N3O/c1-5-7-8-9-10-11-12-13-14-15-16-17-18-19-20-21-22-23-24-29-30-25-26-32(29,6-2)27(3)31-28(4)33/h5,27H,1,6-26H2,2-4H3/p+1. The predicted molar refractivity (Wildman–Crippen MR) is 145 cm³/mol. The zero-order chi connectivity index (χ0) is 24.2. The molecule has 1 heterocycles. The smallest absolute Gasteiger partial charge is 0.221 e. The summed E-state index contributed by atoms with van der Waals surface area (Å²) in [5.41, 5.74) is 0. The molecule has 33 heavy (non-hydrogen) atoms. The van der Waals surface area contributed by atoms with E-state index in [1.165, 1.54) is 115 Å². The Balaban J connectivity index is 1.95. The molecule has 0 aromatic rings. The topological polar surface area (TPSA) is 41.5 Å². The van der Waals surface area contributed by atoms with E-state index in [9.17, 15) is 4.79 Å². The summed E-state index contributed by atoms with van der Waals surface area (Å²) >= 11 is 0. The first-order chi connectivity index (χ1) is 16.1. The lowest BCUT2D eigenvalue weighted by Gasteiger charge is -2.39. The number of nitrogens with zero attached hydrogens (tertiary/aromatic N) is 2. The van der Waals surface area contributed by atoms with Crippen molar-refractivity contribution in [3.63, 3.8) is 0 Å². The molecule has 1 rings (SSSR count). The van der Waals surface area contributed by atoms with E-state index in [1.807, 2.05) is 6.08 Å². The number of likely N-dealkylation sites (N-methyl/N-ethyl adjacent to an activating group) is 1. The third-order valence-electron chi connectivity index (χ3n) is 7.58. The molecule has 0 fully saturated rings. The second-order valence-corrected chi connectivity index (χ2v) is 10.2. The number of aliphatic imine (C=N–C) groups is 1. The summed E-state index contributed by atoms with van der Waals surface area (Å²) in [7, 11) is 0. The molecule has 0 aromatic carbocycles.